The van der Waals surface area contributed by atoms with Crippen molar-refractivity contribution in [2.24, 2.45) is 0 Å². The molecule has 1 aromatic carbocycles. The molecule has 0 saturated heterocycles. The van der Waals surface area contributed by atoms with Crippen molar-refractivity contribution in [3.8, 4) is 0 Å². The highest BCUT2D eigenvalue weighted by Crippen LogP contribution is 2.19. The highest BCUT2D eigenvalue weighted by Gasteiger charge is 2.22. The lowest BCUT2D eigenvalue weighted by Crippen LogP contribution is -2.26. The maximum absolute atomic E-state index is 12.1. The fraction of sp³-hybridized carbons (Fsp3) is 0.462. The van der Waals surface area contributed by atoms with Gasteiger partial charge in [0.1, 0.15) is 0 Å². The monoisotopic (exact) mass is 316 g/mol. The van der Waals surface area contributed by atoms with Gasteiger partial charge in [0.15, 0.2) is 0 Å². The van der Waals surface area contributed by atoms with Gasteiger partial charge in [0.2, 0.25) is 10.0 Å². The van der Waals surface area contributed by atoms with Crippen LogP contribution in [0.1, 0.15) is 36.0 Å². The minimum absolute atomic E-state index is 0.122. The van der Waals surface area contributed by atoms with E-state index in [9.17, 15) is 13.2 Å². The molecule has 0 bridgehead atoms. The topological polar surface area (TPSA) is 130 Å². The fourth-order valence-electron chi connectivity index (χ4n) is 1.81. The molecule has 118 valence electrons. The number of nitrogens with two attached hydrogens (primary N) is 1. The Morgan fingerprint density at radius 3 is 2.48 bits per heavy atom. The van der Waals surface area contributed by atoms with Crippen molar-refractivity contribution in [3.05, 3.63) is 23.8 Å². The summed E-state index contributed by atoms with van der Waals surface area (Å²) in [6.07, 6.45) is 2.90. The molecule has 1 rings (SSSR count). The molecule has 0 fully saturated rings. The zero-order valence-corrected chi connectivity index (χ0v) is 12.4. The number of hydrogen-bond acceptors (Lipinski definition) is 5. The van der Waals surface area contributed by atoms with Crippen LogP contribution in [0.25, 0.3) is 0 Å². The first kappa shape index (κ1) is 17.4. The Balaban J connectivity index is 2.74. The van der Waals surface area contributed by atoms with Crippen molar-refractivity contribution in [1.82, 2.24) is 4.72 Å². The number of aromatic carboxylic acids is 1. The molecule has 0 aliphatic rings. The first-order valence-corrected chi connectivity index (χ1v) is 8.10. The Morgan fingerprint density at radius 1 is 1.19 bits per heavy atom. The minimum atomic E-state index is -3.91. The molecule has 0 amide bonds. The van der Waals surface area contributed by atoms with Crippen LogP contribution in [0.2, 0.25) is 0 Å². The Labute approximate surface area is 123 Å². The molecular weight excluding hydrogens is 296 g/mol. The van der Waals surface area contributed by atoms with E-state index < -0.39 is 16.0 Å². The van der Waals surface area contributed by atoms with Crippen LogP contribution < -0.4 is 10.5 Å². The van der Waals surface area contributed by atoms with E-state index in [1.54, 1.807) is 0 Å². The van der Waals surface area contributed by atoms with Gasteiger partial charge < -0.3 is 15.9 Å². The SMILES string of the molecule is Nc1ccc(C(=O)O)c(S(=O)(=O)NCCCCCCO)c1. The van der Waals surface area contributed by atoms with Crippen LogP contribution in [-0.4, -0.2) is 37.8 Å². The summed E-state index contributed by atoms with van der Waals surface area (Å²) in [6, 6.07) is 3.66. The van der Waals surface area contributed by atoms with Crippen LogP contribution in [0.5, 0.6) is 0 Å². The van der Waals surface area contributed by atoms with Gasteiger partial charge in [0.05, 0.1) is 10.5 Å². The lowest BCUT2D eigenvalue weighted by Gasteiger charge is -2.10. The molecule has 5 N–H and O–H groups in total. The van der Waals surface area contributed by atoms with E-state index >= 15 is 0 Å². The van der Waals surface area contributed by atoms with Gasteiger partial charge in [0.25, 0.3) is 0 Å². The number of unbranched alkanes of at least 4 members (excludes halogenated alkanes) is 3. The highest BCUT2D eigenvalue weighted by molar-refractivity contribution is 7.89. The van der Waals surface area contributed by atoms with E-state index in [4.69, 9.17) is 15.9 Å². The summed E-state index contributed by atoms with van der Waals surface area (Å²) in [5.41, 5.74) is 5.40. The summed E-state index contributed by atoms with van der Waals surface area (Å²) in [6.45, 7) is 0.332. The Bertz CT molecular complexity index is 586. The molecule has 8 heteroatoms. The van der Waals surface area contributed by atoms with Crippen molar-refractivity contribution in [3.63, 3.8) is 0 Å². The number of anilines is 1. The normalized spacial score (nSPS) is 11.5. The second-order valence-corrected chi connectivity index (χ2v) is 6.33. The fourth-order valence-corrected chi connectivity index (χ4v) is 3.12. The average molecular weight is 316 g/mol. The van der Waals surface area contributed by atoms with E-state index in [0.717, 1.165) is 18.9 Å². The molecule has 0 saturated carbocycles. The summed E-state index contributed by atoms with van der Waals surface area (Å²) in [4.78, 5) is 10.7. The summed E-state index contributed by atoms with van der Waals surface area (Å²) in [5, 5.41) is 17.7. The Hall–Kier alpha value is -1.64. The van der Waals surface area contributed by atoms with Gasteiger partial charge in [-0.1, -0.05) is 12.8 Å². The average Bonchev–Trinajstić information content (AvgIpc) is 2.42. The van der Waals surface area contributed by atoms with Gasteiger partial charge in [-0.2, -0.15) is 0 Å². The van der Waals surface area contributed by atoms with Gasteiger partial charge in [-0.25, -0.2) is 17.9 Å². The van der Waals surface area contributed by atoms with Crippen molar-refractivity contribution in [2.75, 3.05) is 18.9 Å². The van der Waals surface area contributed by atoms with Gasteiger partial charge in [-0.15, -0.1) is 0 Å². The second kappa shape index (κ2) is 7.96. The molecular formula is C13H20N2O5S. The number of carboxylic acid groups (broad SMARTS) is 1. The first-order chi connectivity index (χ1) is 9.88. The summed E-state index contributed by atoms with van der Waals surface area (Å²) in [7, 11) is -3.91. The van der Waals surface area contributed by atoms with Gasteiger partial charge in [-0.05, 0) is 31.0 Å². The predicted octanol–water partition coefficient (Wildman–Crippen LogP) is 0.798. The number of hydrogen-bond donors (Lipinski definition) is 4. The Kier molecular flexibility index (Phi) is 6.60. The van der Waals surface area contributed by atoms with Gasteiger partial charge >= 0.3 is 5.97 Å². The number of carboxylic acids is 1. The molecule has 0 aliphatic heterocycles. The number of rotatable bonds is 9. The molecule has 0 aliphatic carbocycles. The number of benzene rings is 1. The summed E-state index contributed by atoms with van der Waals surface area (Å²) in [5.74, 6) is -1.32. The molecule has 0 atom stereocenters. The van der Waals surface area contributed by atoms with E-state index in [1.165, 1.54) is 12.1 Å². The first-order valence-electron chi connectivity index (χ1n) is 6.62. The van der Waals surface area contributed by atoms with Gasteiger partial charge in [-0.3, -0.25) is 0 Å². The van der Waals surface area contributed by atoms with E-state index in [2.05, 4.69) is 4.72 Å². The predicted molar refractivity (Wildman–Crippen MR) is 78.6 cm³/mol. The lowest BCUT2D eigenvalue weighted by molar-refractivity contribution is 0.0692. The van der Waals surface area contributed by atoms with E-state index in [-0.39, 0.29) is 29.3 Å². The van der Waals surface area contributed by atoms with Crippen LogP contribution in [-0.2, 0) is 10.0 Å². The molecule has 0 aromatic heterocycles. The van der Waals surface area contributed by atoms with E-state index in [1.807, 2.05) is 0 Å². The van der Waals surface area contributed by atoms with E-state index in [0.29, 0.717) is 12.8 Å². The molecule has 7 nitrogen and oxygen atoms in total. The smallest absolute Gasteiger partial charge is 0.337 e. The molecule has 0 heterocycles. The molecule has 1 aromatic rings. The van der Waals surface area contributed by atoms with Crippen LogP contribution in [0.3, 0.4) is 0 Å². The van der Waals surface area contributed by atoms with Crippen LogP contribution in [0.4, 0.5) is 5.69 Å². The maximum atomic E-state index is 12.1. The third-order valence-corrected chi connectivity index (χ3v) is 4.40. The van der Waals surface area contributed by atoms with Crippen LogP contribution >= 0.6 is 0 Å². The number of carbonyl (C=O) groups is 1. The number of nitrogen functional groups attached to an aromatic ring is 1. The summed E-state index contributed by atoms with van der Waals surface area (Å²) < 4.78 is 26.6. The van der Waals surface area contributed by atoms with Crippen LogP contribution in [0.15, 0.2) is 23.1 Å². The lowest BCUT2D eigenvalue weighted by atomic mass is 10.2. The largest absolute Gasteiger partial charge is 0.478 e. The van der Waals surface area contributed by atoms with Crippen molar-refractivity contribution < 1.29 is 23.4 Å². The zero-order chi connectivity index (χ0) is 15.9. The van der Waals surface area contributed by atoms with Gasteiger partial charge in [0, 0.05) is 18.8 Å². The third kappa shape index (κ3) is 5.33. The molecule has 0 unspecified atom stereocenters. The van der Waals surface area contributed by atoms with Crippen molar-refractivity contribution in [1.29, 1.82) is 0 Å². The second-order valence-electron chi connectivity index (χ2n) is 4.60. The number of aliphatic hydroxyl groups excluding tert-OH is 1. The standard InChI is InChI=1S/C13H20N2O5S/c14-10-5-6-11(13(17)18)12(9-10)21(19,20)15-7-3-1-2-4-8-16/h5-6,9,15-16H,1-4,7-8,14H2,(H,17,18). The number of nitrogens with one attached hydrogen (secondary N) is 1. The summed E-state index contributed by atoms with van der Waals surface area (Å²) >= 11 is 0. The third-order valence-electron chi connectivity index (χ3n) is 2.90. The minimum Gasteiger partial charge on any atom is -0.478 e. The van der Waals surface area contributed by atoms with Crippen molar-refractivity contribution in [2.45, 2.75) is 30.6 Å². The maximum Gasteiger partial charge on any atom is 0.337 e. The van der Waals surface area contributed by atoms with Crippen molar-refractivity contribution >= 4 is 21.7 Å². The quantitative estimate of drug-likeness (QED) is 0.394. The zero-order valence-electron chi connectivity index (χ0n) is 11.6. The number of sulfonamides is 1. The Morgan fingerprint density at radius 2 is 1.86 bits per heavy atom. The molecule has 0 spiro atoms. The highest BCUT2D eigenvalue weighted by atomic mass is 32.2. The molecule has 0 radical (unpaired) electrons. The van der Waals surface area contributed by atoms with Crippen LogP contribution in [0, 0.1) is 0 Å². The molecule has 21 heavy (non-hydrogen) atoms. The number of aliphatic hydroxyl groups is 1.